The van der Waals surface area contributed by atoms with Crippen LogP contribution in [0.15, 0.2) is 28.5 Å². The van der Waals surface area contributed by atoms with Gasteiger partial charge in [0.15, 0.2) is 0 Å². The number of aromatic nitrogens is 3. The topological polar surface area (TPSA) is 73.9 Å². The average molecular weight is 262 g/mol. The van der Waals surface area contributed by atoms with E-state index in [1.807, 2.05) is 26.0 Å². The molecule has 0 amide bonds. The zero-order valence-corrected chi connectivity index (χ0v) is 11.3. The molecule has 18 heavy (non-hydrogen) atoms. The molecule has 0 spiro atoms. The maximum atomic E-state index is 5.92. The third-order valence-electron chi connectivity index (χ3n) is 2.28. The lowest BCUT2D eigenvalue weighted by Crippen LogP contribution is -1.99. The van der Waals surface area contributed by atoms with Crippen molar-refractivity contribution in [1.29, 1.82) is 0 Å². The van der Waals surface area contributed by atoms with Gasteiger partial charge in [0.1, 0.15) is 22.1 Å². The summed E-state index contributed by atoms with van der Waals surface area (Å²) in [6.45, 7) is 3.99. The van der Waals surface area contributed by atoms with Crippen LogP contribution >= 0.6 is 11.8 Å². The van der Waals surface area contributed by atoms with E-state index < -0.39 is 0 Å². The van der Waals surface area contributed by atoms with Crippen molar-refractivity contribution in [2.45, 2.75) is 23.9 Å². The molecule has 6 heteroatoms. The Morgan fingerprint density at radius 2 is 2.00 bits per heavy atom. The van der Waals surface area contributed by atoms with Gasteiger partial charge in [-0.05, 0) is 43.3 Å². The first-order chi connectivity index (χ1) is 8.60. The number of rotatable bonds is 3. The molecule has 0 aliphatic heterocycles. The lowest BCUT2D eigenvalue weighted by molar-refractivity contribution is 0.397. The molecular formula is C12H14N4OS. The summed E-state index contributed by atoms with van der Waals surface area (Å²) in [5.41, 5.74) is 8.48. The predicted molar refractivity (Wildman–Crippen MR) is 70.8 cm³/mol. The lowest BCUT2D eigenvalue weighted by atomic mass is 10.3. The number of hydrogen-bond donors (Lipinski definition) is 1. The molecule has 0 saturated carbocycles. The molecule has 0 aliphatic carbocycles. The van der Waals surface area contributed by atoms with Gasteiger partial charge in [0, 0.05) is 5.69 Å². The van der Waals surface area contributed by atoms with Crippen LogP contribution in [0.1, 0.15) is 11.3 Å². The van der Waals surface area contributed by atoms with Crippen molar-refractivity contribution in [3.8, 4) is 5.88 Å². The Balaban J connectivity index is 2.34. The van der Waals surface area contributed by atoms with E-state index in [0.717, 1.165) is 16.3 Å². The Labute approximate surface area is 110 Å². The Kier molecular flexibility index (Phi) is 3.66. The SMILES string of the molecule is COc1ncnc(Sc2cc(C)cc(C)n2)c1N. The molecule has 2 N–H and O–H groups in total. The third-order valence-corrected chi connectivity index (χ3v) is 3.22. The smallest absolute Gasteiger partial charge is 0.241 e. The molecular weight excluding hydrogens is 248 g/mol. The van der Waals surface area contributed by atoms with Gasteiger partial charge >= 0.3 is 0 Å². The molecule has 2 heterocycles. The van der Waals surface area contributed by atoms with Gasteiger partial charge in [0.25, 0.3) is 0 Å². The second-order valence-electron chi connectivity index (χ2n) is 3.83. The van der Waals surface area contributed by atoms with E-state index in [2.05, 4.69) is 15.0 Å². The van der Waals surface area contributed by atoms with Gasteiger partial charge in [-0.1, -0.05) is 0 Å². The van der Waals surface area contributed by atoms with Gasteiger partial charge in [0.2, 0.25) is 5.88 Å². The highest BCUT2D eigenvalue weighted by Gasteiger charge is 2.10. The molecule has 0 atom stereocenters. The summed E-state index contributed by atoms with van der Waals surface area (Å²) in [7, 11) is 1.53. The van der Waals surface area contributed by atoms with Gasteiger partial charge in [0.05, 0.1) is 7.11 Å². The van der Waals surface area contributed by atoms with Crippen molar-refractivity contribution < 1.29 is 4.74 Å². The molecule has 0 aliphatic rings. The molecule has 0 fully saturated rings. The van der Waals surface area contributed by atoms with Crippen molar-refractivity contribution in [3.63, 3.8) is 0 Å². The number of methoxy groups -OCH3 is 1. The minimum Gasteiger partial charge on any atom is -0.479 e. The van der Waals surface area contributed by atoms with Crippen LogP contribution in [-0.2, 0) is 0 Å². The number of pyridine rings is 1. The highest BCUT2D eigenvalue weighted by molar-refractivity contribution is 7.99. The number of nitrogen functional groups attached to an aromatic ring is 1. The van der Waals surface area contributed by atoms with Gasteiger partial charge < -0.3 is 10.5 Å². The summed E-state index contributed by atoms with van der Waals surface area (Å²) in [4.78, 5) is 12.5. The third kappa shape index (κ3) is 2.70. The Hall–Kier alpha value is -1.82. The van der Waals surface area contributed by atoms with E-state index in [-0.39, 0.29) is 0 Å². The zero-order valence-electron chi connectivity index (χ0n) is 10.5. The molecule has 5 nitrogen and oxygen atoms in total. The molecule has 0 bridgehead atoms. The van der Waals surface area contributed by atoms with Crippen molar-refractivity contribution in [2.24, 2.45) is 0 Å². The highest BCUT2D eigenvalue weighted by atomic mass is 32.2. The minimum absolute atomic E-state index is 0.386. The predicted octanol–water partition coefficient (Wildman–Crippen LogP) is 2.23. The summed E-state index contributed by atoms with van der Waals surface area (Å²) >= 11 is 1.40. The average Bonchev–Trinajstić information content (AvgIpc) is 2.30. The molecule has 0 unspecified atom stereocenters. The second-order valence-corrected chi connectivity index (χ2v) is 4.84. The summed E-state index contributed by atoms with van der Waals surface area (Å²) in [6, 6.07) is 4.01. The fourth-order valence-electron chi connectivity index (χ4n) is 1.56. The second kappa shape index (κ2) is 5.22. The molecule has 2 aromatic rings. The standard InChI is InChI=1S/C12H14N4OS/c1-7-4-8(2)16-9(5-7)18-12-10(13)11(17-3)14-6-15-12/h4-6H,13H2,1-3H3. The minimum atomic E-state index is 0.386. The van der Waals surface area contributed by atoms with Crippen molar-refractivity contribution >= 4 is 17.4 Å². The summed E-state index contributed by atoms with van der Waals surface area (Å²) in [6.07, 6.45) is 1.43. The van der Waals surface area contributed by atoms with Gasteiger partial charge in [-0.25, -0.2) is 9.97 Å². The summed E-state index contributed by atoms with van der Waals surface area (Å²) in [5.74, 6) is 0.386. The fourth-order valence-corrected chi connectivity index (χ4v) is 2.49. The number of nitrogens with two attached hydrogens (primary N) is 1. The van der Waals surface area contributed by atoms with Crippen LogP contribution in [0.4, 0.5) is 5.69 Å². The van der Waals surface area contributed by atoms with Gasteiger partial charge in [-0.15, -0.1) is 0 Å². The van der Waals surface area contributed by atoms with Crippen LogP contribution in [0.25, 0.3) is 0 Å². The van der Waals surface area contributed by atoms with Crippen molar-refractivity contribution in [2.75, 3.05) is 12.8 Å². The van der Waals surface area contributed by atoms with Crippen molar-refractivity contribution in [3.05, 3.63) is 29.7 Å². The number of aryl methyl sites for hydroxylation is 2. The maximum absolute atomic E-state index is 5.92. The lowest BCUT2D eigenvalue weighted by Gasteiger charge is -2.07. The molecule has 2 aromatic heterocycles. The van der Waals surface area contributed by atoms with E-state index in [0.29, 0.717) is 16.6 Å². The Bertz CT molecular complexity index is 554. The largest absolute Gasteiger partial charge is 0.479 e. The normalized spacial score (nSPS) is 10.4. The molecule has 94 valence electrons. The van der Waals surface area contributed by atoms with Crippen LogP contribution in [0.5, 0.6) is 5.88 Å². The van der Waals surface area contributed by atoms with Gasteiger partial charge in [-0.2, -0.15) is 4.98 Å². The van der Waals surface area contributed by atoms with Gasteiger partial charge in [-0.3, -0.25) is 0 Å². The first-order valence-electron chi connectivity index (χ1n) is 5.37. The first-order valence-corrected chi connectivity index (χ1v) is 6.19. The van der Waals surface area contributed by atoms with E-state index >= 15 is 0 Å². The molecule has 0 saturated heterocycles. The molecule has 2 rings (SSSR count). The quantitative estimate of drug-likeness (QED) is 0.855. The number of hydrogen-bond acceptors (Lipinski definition) is 6. The summed E-state index contributed by atoms with van der Waals surface area (Å²) in [5, 5.41) is 1.51. The fraction of sp³-hybridized carbons (Fsp3) is 0.250. The highest BCUT2D eigenvalue weighted by Crippen LogP contribution is 2.33. The van der Waals surface area contributed by atoms with E-state index in [4.69, 9.17) is 10.5 Å². The summed E-state index contributed by atoms with van der Waals surface area (Å²) < 4.78 is 5.06. The van der Waals surface area contributed by atoms with Crippen LogP contribution in [0.3, 0.4) is 0 Å². The monoisotopic (exact) mass is 262 g/mol. The van der Waals surface area contributed by atoms with Crippen molar-refractivity contribution in [1.82, 2.24) is 15.0 Å². The van der Waals surface area contributed by atoms with E-state index in [1.54, 1.807) is 0 Å². The van der Waals surface area contributed by atoms with E-state index in [9.17, 15) is 0 Å². The molecule has 0 aromatic carbocycles. The van der Waals surface area contributed by atoms with E-state index in [1.165, 1.54) is 25.2 Å². The zero-order chi connectivity index (χ0) is 13.1. The first kappa shape index (κ1) is 12.6. The Morgan fingerprint density at radius 1 is 1.22 bits per heavy atom. The maximum Gasteiger partial charge on any atom is 0.241 e. The molecule has 0 radical (unpaired) electrons. The van der Waals surface area contributed by atoms with Crippen LogP contribution in [0, 0.1) is 13.8 Å². The number of nitrogens with zero attached hydrogens (tertiary/aromatic N) is 3. The number of ether oxygens (including phenoxy) is 1. The van der Waals surface area contributed by atoms with Crippen LogP contribution < -0.4 is 10.5 Å². The van der Waals surface area contributed by atoms with Crippen LogP contribution in [-0.4, -0.2) is 22.1 Å². The van der Waals surface area contributed by atoms with Crippen LogP contribution in [0.2, 0.25) is 0 Å². The number of anilines is 1. The Morgan fingerprint density at radius 3 is 2.67 bits per heavy atom.